The molecule has 0 atom stereocenters. The molecule has 0 heterocycles. The lowest BCUT2D eigenvalue weighted by atomic mass is 10.7. The van der Waals surface area contributed by atoms with Crippen LogP contribution in [0.4, 0.5) is 4.48 Å². The van der Waals surface area contributed by atoms with E-state index >= 15 is 0 Å². The fourth-order valence-electron chi connectivity index (χ4n) is 0.272. The smallest absolute Gasteiger partial charge is 0.0550 e. The summed E-state index contributed by atoms with van der Waals surface area (Å²) in [6.07, 6.45) is 4.16. The van der Waals surface area contributed by atoms with Gasteiger partial charge < -0.3 is 0 Å². The molecule has 0 amide bonds. The number of rotatable bonds is 2. The maximum Gasteiger partial charge on any atom is 0.0550 e. The predicted molar refractivity (Wildman–Crippen MR) is 31.9 cm³/mol. The van der Waals surface area contributed by atoms with Crippen LogP contribution in [0.25, 0.3) is 0 Å². The highest BCUT2D eigenvalue weighted by Gasteiger charge is 1.81. The zero-order valence-corrected chi connectivity index (χ0v) is 5.00. The summed E-state index contributed by atoms with van der Waals surface area (Å²) in [5.74, 6) is 0. The summed E-state index contributed by atoms with van der Waals surface area (Å²) >= 11 is 0. The van der Waals surface area contributed by atoms with E-state index in [-0.39, 0.29) is 5.23 Å². The Kier molecular flexibility index (Phi) is 3.84. The van der Waals surface area contributed by atoms with Crippen LogP contribution < -0.4 is 0 Å². The van der Waals surface area contributed by atoms with Crippen molar-refractivity contribution in [3.05, 3.63) is 12.3 Å². The molecule has 0 aliphatic rings. The fraction of sp³-hybridized carbons (Fsp3) is 0.400. The molecule has 0 bridgehead atoms. The molecule has 3 heteroatoms. The van der Waals surface area contributed by atoms with Crippen LogP contribution in [-0.2, 0) is 0 Å². The summed E-state index contributed by atoms with van der Waals surface area (Å²) in [6.45, 7) is 3.37. The normalized spacial score (nSPS) is 11.4. The average Bonchev–Trinajstić information content (AvgIpc) is 1.68. The van der Waals surface area contributed by atoms with E-state index in [1.165, 1.54) is 12.4 Å². The molecular formula is C5H9FN2. The molecule has 0 aromatic carbocycles. The molecule has 0 saturated heterocycles. The number of hydrogen-bond donors (Lipinski definition) is 0. The fourth-order valence-corrected chi connectivity index (χ4v) is 0.272. The summed E-state index contributed by atoms with van der Waals surface area (Å²) in [5.41, 5.74) is 0. The Hall–Kier alpha value is -0.860. The predicted octanol–water partition coefficient (Wildman–Crippen LogP) is 1.71. The van der Waals surface area contributed by atoms with Crippen LogP contribution in [0.15, 0.2) is 17.4 Å². The summed E-state index contributed by atoms with van der Waals surface area (Å²) in [6, 6.07) is 0. The topological polar surface area (TPSA) is 15.6 Å². The van der Waals surface area contributed by atoms with E-state index in [9.17, 15) is 4.48 Å². The highest BCUT2D eigenvalue weighted by atomic mass is 19.2. The van der Waals surface area contributed by atoms with E-state index in [0.29, 0.717) is 0 Å². The van der Waals surface area contributed by atoms with E-state index in [2.05, 4.69) is 5.10 Å². The highest BCUT2D eigenvalue weighted by molar-refractivity contribution is 5.52. The van der Waals surface area contributed by atoms with Crippen molar-refractivity contribution in [3.8, 4) is 0 Å². The number of allylic oxidation sites excluding steroid dienone is 1. The van der Waals surface area contributed by atoms with Crippen LogP contribution in [-0.4, -0.2) is 11.4 Å². The van der Waals surface area contributed by atoms with E-state index in [4.69, 9.17) is 0 Å². The molecular weight excluding hydrogens is 107 g/mol. The van der Waals surface area contributed by atoms with Gasteiger partial charge in [0, 0.05) is 6.21 Å². The standard InChI is InChI=1S/C5H9FN2/c1-3-5-8(6)7-4-2/h3-5H,1-2H3. The van der Waals surface area contributed by atoms with Crippen LogP contribution in [0.3, 0.4) is 0 Å². The van der Waals surface area contributed by atoms with Gasteiger partial charge in [0.1, 0.15) is 0 Å². The minimum Gasteiger partial charge on any atom is -0.156 e. The lowest BCUT2D eigenvalue weighted by Gasteiger charge is -1.94. The molecule has 0 aliphatic carbocycles. The number of halogens is 1. The minimum absolute atomic E-state index is 0.250. The highest BCUT2D eigenvalue weighted by Crippen LogP contribution is 1.88. The molecule has 0 aromatic heterocycles. The Labute approximate surface area is 48.2 Å². The minimum atomic E-state index is 0.250. The van der Waals surface area contributed by atoms with Gasteiger partial charge in [-0.3, -0.25) is 0 Å². The van der Waals surface area contributed by atoms with Crippen LogP contribution in [0, 0.1) is 0 Å². The molecule has 8 heavy (non-hydrogen) atoms. The summed E-state index contributed by atoms with van der Waals surface area (Å²) in [4.78, 5) is 0. The summed E-state index contributed by atoms with van der Waals surface area (Å²) in [7, 11) is 0. The van der Waals surface area contributed by atoms with Crippen molar-refractivity contribution in [2.75, 3.05) is 0 Å². The van der Waals surface area contributed by atoms with Gasteiger partial charge >= 0.3 is 0 Å². The first-order valence-electron chi connectivity index (χ1n) is 2.37. The summed E-state index contributed by atoms with van der Waals surface area (Å²) < 4.78 is 12.0. The van der Waals surface area contributed by atoms with Gasteiger partial charge in [0.2, 0.25) is 0 Å². The SMILES string of the molecule is CC=CN(F)N=CC. The van der Waals surface area contributed by atoms with E-state index < -0.39 is 0 Å². The number of hydrogen-bond acceptors (Lipinski definition) is 2. The average molecular weight is 116 g/mol. The maximum atomic E-state index is 12.0. The van der Waals surface area contributed by atoms with Crippen molar-refractivity contribution in [3.63, 3.8) is 0 Å². The maximum absolute atomic E-state index is 12.0. The van der Waals surface area contributed by atoms with E-state index in [1.54, 1.807) is 19.9 Å². The van der Waals surface area contributed by atoms with Gasteiger partial charge in [-0.15, -0.1) is 5.23 Å². The second-order valence-electron chi connectivity index (χ2n) is 1.14. The molecule has 0 saturated carbocycles. The van der Waals surface area contributed by atoms with Gasteiger partial charge in [-0.05, 0) is 13.8 Å². The largest absolute Gasteiger partial charge is 0.156 e. The molecule has 0 rings (SSSR count). The molecule has 0 aliphatic heterocycles. The van der Waals surface area contributed by atoms with Gasteiger partial charge in [-0.2, -0.15) is 5.10 Å². The lowest BCUT2D eigenvalue weighted by Crippen LogP contribution is -1.92. The zero-order valence-electron chi connectivity index (χ0n) is 5.00. The van der Waals surface area contributed by atoms with Gasteiger partial charge in [0.15, 0.2) is 0 Å². The molecule has 0 spiro atoms. The van der Waals surface area contributed by atoms with Crippen LogP contribution in [0.5, 0.6) is 0 Å². The molecule has 46 valence electrons. The molecule has 0 unspecified atom stereocenters. The van der Waals surface area contributed by atoms with E-state index in [1.807, 2.05) is 0 Å². The van der Waals surface area contributed by atoms with Gasteiger partial charge in [0.25, 0.3) is 0 Å². The molecule has 0 radical (unpaired) electrons. The molecule has 0 aromatic rings. The zero-order chi connectivity index (χ0) is 6.41. The Morgan fingerprint density at radius 1 is 1.50 bits per heavy atom. The number of hydrazone groups is 1. The quantitative estimate of drug-likeness (QED) is 0.304. The second kappa shape index (κ2) is 4.30. The summed E-state index contributed by atoms with van der Waals surface area (Å²) in [5, 5.41) is 3.52. The lowest BCUT2D eigenvalue weighted by molar-refractivity contribution is 0.0954. The third-order valence-electron chi connectivity index (χ3n) is 0.498. The van der Waals surface area contributed by atoms with Gasteiger partial charge in [-0.1, -0.05) is 10.6 Å². The Balaban J connectivity index is 3.47. The monoisotopic (exact) mass is 116 g/mol. The Morgan fingerprint density at radius 2 is 2.12 bits per heavy atom. The van der Waals surface area contributed by atoms with Crippen molar-refractivity contribution in [2.45, 2.75) is 13.8 Å². The molecule has 0 N–H and O–H groups in total. The van der Waals surface area contributed by atoms with Gasteiger partial charge in [-0.25, -0.2) is 0 Å². The third-order valence-corrected chi connectivity index (χ3v) is 0.498. The Morgan fingerprint density at radius 3 is 2.50 bits per heavy atom. The first kappa shape index (κ1) is 7.14. The van der Waals surface area contributed by atoms with Crippen LogP contribution in [0.1, 0.15) is 13.8 Å². The number of nitrogens with zero attached hydrogens (tertiary/aromatic N) is 2. The van der Waals surface area contributed by atoms with Crippen molar-refractivity contribution < 1.29 is 4.48 Å². The second-order valence-corrected chi connectivity index (χ2v) is 1.14. The van der Waals surface area contributed by atoms with Gasteiger partial charge in [0.05, 0.1) is 6.20 Å². The van der Waals surface area contributed by atoms with Crippen molar-refractivity contribution >= 4 is 6.21 Å². The van der Waals surface area contributed by atoms with Crippen LogP contribution in [0.2, 0.25) is 0 Å². The first-order chi connectivity index (χ1) is 3.81. The van der Waals surface area contributed by atoms with Crippen LogP contribution >= 0.6 is 0 Å². The molecule has 2 nitrogen and oxygen atoms in total. The van der Waals surface area contributed by atoms with Crippen molar-refractivity contribution in [1.82, 2.24) is 5.23 Å². The third kappa shape index (κ3) is 3.33. The Bertz CT molecular complexity index is 86.6. The van der Waals surface area contributed by atoms with E-state index in [0.717, 1.165) is 0 Å². The van der Waals surface area contributed by atoms with Crippen molar-refractivity contribution in [2.24, 2.45) is 5.10 Å². The first-order valence-corrected chi connectivity index (χ1v) is 2.37. The van der Waals surface area contributed by atoms with Crippen molar-refractivity contribution in [1.29, 1.82) is 0 Å². The molecule has 0 fully saturated rings.